The Morgan fingerprint density at radius 2 is 1.91 bits per heavy atom. The second-order valence-corrected chi connectivity index (χ2v) is 10.0. The Hall–Kier alpha value is -3.78. The Kier molecular flexibility index (Phi) is 5.66. The first kappa shape index (κ1) is 21.7. The predicted octanol–water partition coefficient (Wildman–Crippen LogP) is 6.10. The maximum atomic E-state index is 12.9. The van der Waals surface area contributed by atoms with Crippen molar-refractivity contribution in [2.45, 2.75) is 45.4 Å². The number of imidazole rings is 1. The summed E-state index contributed by atoms with van der Waals surface area (Å²) in [5.74, 6) is 1.67. The summed E-state index contributed by atoms with van der Waals surface area (Å²) in [5, 5.41) is 12.3. The average Bonchev–Trinajstić information content (AvgIpc) is 3.59. The molecule has 1 aliphatic carbocycles. The summed E-state index contributed by atoms with van der Waals surface area (Å²) in [7, 11) is 0. The number of para-hydroxylation sites is 2. The van der Waals surface area contributed by atoms with E-state index in [0.29, 0.717) is 18.2 Å². The van der Waals surface area contributed by atoms with Crippen LogP contribution in [-0.2, 0) is 24.1 Å². The minimum Gasteiger partial charge on any atom is -0.421 e. The number of nitrogens with zero attached hydrogens (tertiary/aromatic N) is 3. The van der Waals surface area contributed by atoms with E-state index in [4.69, 9.17) is 9.40 Å². The molecule has 2 aromatic carbocycles. The number of amides is 1. The van der Waals surface area contributed by atoms with E-state index in [2.05, 4.69) is 20.5 Å². The molecule has 176 valence electrons. The number of carbonyl (C=O) groups excluding carboxylic acids is 1. The van der Waals surface area contributed by atoms with Crippen molar-refractivity contribution in [1.29, 1.82) is 0 Å². The lowest BCUT2D eigenvalue weighted by molar-refractivity contribution is -0.116. The van der Waals surface area contributed by atoms with Crippen LogP contribution in [0.25, 0.3) is 33.9 Å². The van der Waals surface area contributed by atoms with Gasteiger partial charge < -0.3 is 14.7 Å². The summed E-state index contributed by atoms with van der Waals surface area (Å²) < 4.78 is 5.79. The number of thiophene rings is 1. The molecular formula is C27H25N5O2S. The summed E-state index contributed by atoms with van der Waals surface area (Å²) >= 11 is 1.68. The van der Waals surface area contributed by atoms with Crippen LogP contribution < -0.4 is 5.32 Å². The SMILES string of the molecule is Cc1ccc(-c2nnc(CCC(=O)Nc3sc4c(c3-c3nc5ccccc5[nH]3)CCCC4)o2)cc1. The number of aromatic amines is 1. The zero-order valence-corrected chi connectivity index (χ0v) is 20.2. The molecule has 0 saturated heterocycles. The van der Waals surface area contributed by atoms with Crippen molar-refractivity contribution in [2.75, 3.05) is 5.32 Å². The van der Waals surface area contributed by atoms with Crippen LogP contribution in [0.4, 0.5) is 5.00 Å². The van der Waals surface area contributed by atoms with Gasteiger partial charge in [0.1, 0.15) is 10.8 Å². The number of aromatic nitrogens is 4. The Labute approximate surface area is 206 Å². The molecule has 0 radical (unpaired) electrons. The lowest BCUT2D eigenvalue weighted by atomic mass is 9.95. The molecular weight excluding hydrogens is 458 g/mol. The Bertz CT molecular complexity index is 1480. The van der Waals surface area contributed by atoms with Crippen LogP contribution in [0, 0.1) is 6.92 Å². The fraction of sp³-hybridized carbons (Fsp3) is 0.259. The highest BCUT2D eigenvalue weighted by Gasteiger charge is 2.25. The molecule has 1 amide bonds. The van der Waals surface area contributed by atoms with Crippen molar-refractivity contribution in [2.24, 2.45) is 0 Å². The van der Waals surface area contributed by atoms with Gasteiger partial charge in [-0.2, -0.15) is 0 Å². The number of fused-ring (bicyclic) bond motifs is 2. The van der Waals surface area contributed by atoms with Crippen molar-refractivity contribution in [1.82, 2.24) is 20.2 Å². The molecule has 0 fully saturated rings. The Morgan fingerprint density at radius 1 is 1.09 bits per heavy atom. The van der Waals surface area contributed by atoms with E-state index in [1.54, 1.807) is 11.3 Å². The van der Waals surface area contributed by atoms with Gasteiger partial charge in [0.05, 0.1) is 16.6 Å². The number of carbonyl (C=O) groups is 1. The highest BCUT2D eigenvalue weighted by atomic mass is 32.1. The van der Waals surface area contributed by atoms with Crippen molar-refractivity contribution in [3.8, 4) is 22.8 Å². The van der Waals surface area contributed by atoms with Crippen molar-refractivity contribution < 1.29 is 9.21 Å². The summed E-state index contributed by atoms with van der Waals surface area (Å²) in [6, 6.07) is 15.9. The molecule has 6 rings (SSSR count). The van der Waals surface area contributed by atoms with Gasteiger partial charge in [0.15, 0.2) is 0 Å². The van der Waals surface area contributed by atoms with Gasteiger partial charge in [-0.05, 0) is 62.4 Å². The topological polar surface area (TPSA) is 96.7 Å². The highest BCUT2D eigenvalue weighted by Crippen LogP contribution is 2.43. The van der Waals surface area contributed by atoms with Crippen LogP contribution in [0.1, 0.15) is 41.2 Å². The number of H-pyrrole nitrogens is 1. The molecule has 0 spiro atoms. The number of hydrogen-bond donors (Lipinski definition) is 2. The summed E-state index contributed by atoms with van der Waals surface area (Å²) in [4.78, 5) is 22.6. The first-order valence-corrected chi connectivity index (χ1v) is 12.7. The number of aryl methyl sites for hydroxylation is 3. The Balaban J connectivity index is 1.20. The molecule has 0 aliphatic heterocycles. The molecule has 0 bridgehead atoms. The van der Waals surface area contributed by atoms with E-state index in [1.807, 2.05) is 55.5 Å². The van der Waals surface area contributed by atoms with E-state index in [9.17, 15) is 4.79 Å². The number of anilines is 1. The second-order valence-electron chi connectivity index (χ2n) is 8.93. The number of rotatable bonds is 6. The predicted molar refractivity (Wildman–Crippen MR) is 137 cm³/mol. The molecule has 2 N–H and O–H groups in total. The minimum absolute atomic E-state index is 0.0731. The highest BCUT2D eigenvalue weighted by molar-refractivity contribution is 7.17. The first-order valence-electron chi connectivity index (χ1n) is 11.9. The fourth-order valence-corrected chi connectivity index (χ4v) is 5.86. The zero-order valence-electron chi connectivity index (χ0n) is 19.4. The molecule has 5 aromatic rings. The third-order valence-electron chi connectivity index (χ3n) is 6.38. The van der Waals surface area contributed by atoms with Gasteiger partial charge in [0.25, 0.3) is 0 Å². The molecule has 7 nitrogen and oxygen atoms in total. The van der Waals surface area contributed by atoms with Crippen molar-refractivity contribution in [3.05, 3.63) is 70.4 Å². The normalized spacial score (nSPS) is 13.2. The minimum atomic E-state index is -0.0731. The van der Waals surface area contributed by atoms with Crippen LogP contribution in [0.2, 0.25) is 0 Å². The Morgan fingerprint density at radius 3 is 2.77 bits per heavy atom. The smallest absolute Gasteiger partial charge is 0.247 e. The van der Waals surface area contributed by atoms with Crippen LogP contribution in [0.15, 0.2) is 52.9 Å². The first-order chi connectivity index (χ1) is 17.1. The standard InChI is InChI=1S/C27H25N5O2S/c1-16-10-12-17(13-11-16)26-32-31-23(34-26)15-14-22(33)30-27-24(18-6-2-5-9-21(18)35-27)25-28-19-7-3-4-8-20(19)29-25/h3-4,7-8,10-13H,2,5-6,9,14-15H2,1H3,(H,28,29)(H,30,33). The maximum absolute atomic E-state index is 12.9. The molecule has 3 aromatic heterocycles. The molecule has 3 heterocycles. The van der Waals surface area contributed by atoms with E-state index in [0.717, 1.165) is 52.2 Å². The van der Waals surface area contributed by atoms with Crippen LogP contribution in [0.3, 0.4) is 0 Å². The van der Waals surface area contributed by atoms with E-state index >= 15 is 0 Å². The number of benzene rings is 2. The van der Waals surface area contributed by atoms with Crippen molar-refractivity contribution >= 4 is 33.3 Å². The molecule has 8 heteroatoms. The molecule has 35 heavy (non-hydrogen) atoms. The lowest BCUT2D eigenvalue weighted by Gasteiger charge is -2.12. The van der Waals surface area contributed by atoms with E-state index < -0.39 is 0 Å². The van der Waals surface area contributed by atoms with Gasteiger partial charge >= 0.3 is 0 Å². The maximum Gasteiger partial charge on any atom is 0.247 e. The third kappa shape index (κ3) is 4.37. The molecule has 0 atom stereocenters. The van der Waals surface area contributed by atoms with E-state index in [-0.39, 0.29) is 12.3 Å². The van der Waals surface area contributed by atoms with E-state index in [1.165, 1.54) is 22.4 Å². The van der Waals surface area contributed by atoms with Gasteiger partial charge in [-0.1, -0.05) is 29.8 Å². The molecule has 1 aliphatic rings. The summed E-state index contributed by atoms with van der Waals surface area (Å²) in [5.41, 5.74) is 6.32. The van der Waals surface area contributed by atoms with Gasteiger partial charge in [-0.3, -0.25) is 4.79 Å². The third-order valence-corrected chi connectivity index (χ3v) is 7.59. The lowest BCUT2D eigenvalue weighted by Crippen LogP contribution is -2.12. The van der Waals surface area contributed by atoms with Gasteiger partial charge in [-0.15, -0.1) is 21.5 Å². The number of hydrogen-bond acceptors (Lipinski definition) is 6. The second kappa shape index (κ2) is 9.11. The zero-order chi connectivity index (χ0) is 23.8. The van der Waals surface area contributed by atoms with Crippen molar-refractivity contribution in [3.63, 3.8) is 0 Å². The molecule has 0 unspecified atom stereocenters. The fourth-order valence-electron chi connectivity index (χ4n) is 4.55. The molecule has 0 saturated carbocycles. The van der Waals surface area contributed by atoms with Crippen LogP contribution >= 0.6 is 11.3 Å². The van der Waals surface area contributed by atoms with Gasteiger partial charge in [-0.25, -0.2) is 4.98 Å². The van der Waals surface area contributed by atoms with Crippen LogP contribution in [0.5, 0.6) is 0 Å². The summed E-state index contributed by atoms with van der Waals surface area (Å²) in [6.45, 7) is 2.03. The largest absolute Gasteiger partial charge is 0.421 e. The quantitative estimate of drug-likeness (QED) is 0.304. The summed E-state index contributed by atoms with van der Waals surface area (Å²) in [6.07, 6.45) is 5.05. The van der Waals surface area contributed by atoms with Gasteiger partial charge in [0.2, 0.25) is 17.7 Å². The van der Waals surface area contributed by atoms with Crippen LogP contribution in [-0.4, -0.2) is 26.1 Å². The average molecular weight is 484 g/mol. The monoisotopic (exact) mass is 483 g/mol. The number of nitrogens with one attached hydrogen (secondary N) is 2. The van der Waals surface area contributed by atoms with Gasteiger partial charge in [0, 0.05) is 23.3 Å².